The monoisotopic (exact) mass is 223 g/mol. The molecule has 16 heavy (non-hydrogen) atoms. The second-order valence-corrected chi connectivity index (χ2v) is 4.08. The van der Waals surface area contributed by atoms with Gasteiger partial charge in [-0.05, 0) is 44.5 Å². The lowest BCUT2D eigenvalue weighted by molar-refractivity contribution is 0.153. The second-order valence-electron chi connectivity index (χ2n) is 4.08. The maximum absolute atomic E-state index is 9.32. The van der Waals surface area contributed by atoms with E-state index in [1.165, 1.54) is 5.56 Å². The predicted octanol–water partition coefficient (Wildman–Crippen LogP) is 1.60. The van der Waals surface area contributed by atoms with Crippen LogP contribution in [0.2, 0.25) is 0 Å². The average molecular weight is 223 g/mol. The molecule has 0 aromatic heterocycles. The molecular formula is C13H21NO2. The first-order chi connectivity index (χ1) is 7.63. The van der Waals surface area contributed by atoms with Crippen LogP contribution in [0, 0.1) is 0 Å². The van der Waals surface area contributed by atoms with Crippen LogP contribution in [-0.4, -0.2) is 30.9 Å². The lowest BCUT2D eigenvalue weighted by Crippen LogP contribution is -2.36. The molecule has 1 aromatic carbocycles. The molecule has 1 aromatic rings. The Hall–Kier alpha value is -1.06. The number of benzene rings is 1. The van der Waals surface area contributed by atoms with E-state index < -0.39 is 0 Å². The topological polar surface area (TPSA) is 41.5 Å². The van der Waals surface area contributed by atoms with Crippen molar-refractivity contribution in [3.63, 3.8) is 0 Å². The van der Waals surface area contributed by atoms with Crippen LogP contribution < -0.4 is 10.1 Å². The third-order valence-electron chi connectivity index (χ3n) is 2.74. The van der Waals surface area contributed by atoms with Gasteiger partial charge in [0.05, 0.1) is 13.2 Å². The Kier molecular flexibility index (Phi) is 5.29. The van der Waals surface area contributed by atoms with E-state index in [1.807, 2.05) is 25.1 Å². The van der Waals surface area contributed by atoms with Gasteiger partial charge in [0, 0.05) is 6.04 Å². The van der Waals surface area contributed by atoms with Crippen LogP contribution in [-0.2, 0) is 6.42 Å². The van der Waals surface area contributed by atoms with Crippen LogP contribution in [0.15, 0.2) is 24.3 Å². The summed E-state index contributed by atoms with van der Waals surface area (Å²) in [5.74, 6) is 0.890. The minimum atomic E-state index is -0.315. The Morgan fingerprint density at radius 3 is 2.75 bits per heavy atom. The smallest absolute Gasteiger partial charge is 0.119 e. The van der Waals surface area contributed by atoms with Crippen molar-refractivity contribution in [2.75, 3.05) is 13.7 Å². The highest BCUT2D eigenvalue weighted by Gasteiger charge is 2.06. The molecular weight excluding hydrogens is 202 g/mol. The van der Waals surface area contributed by atoms with Crippen molar-refractivity contribution in [1.29, 1.82) is 0 Å². The molecule has 0 aliphatic heterocycles. The van der Waals surface area contributed by atoms with Gasteiger partial charge in [-0.15, -0.1) is 0 Å². The summed E-state index contributed by atoms with van der Waals surface area (Å²) in [7, 11) is 1.67. The summed E-state index contributed by atoms with van der Waals surface area (Å²) in [6.07, 6.45) is 0.624. The maximum Gasteiger partial charge on any atom is 0.119 e. The molecule has 0 spiro atoms. The van der Waals surface area contributed by atoms with Gasteiger partial charge in [-0.3, -0.25) is 0 Å². The first kappa shape index (κ1) is 13.0. The number of rotatable bonds is 6. The lowest BCUT2D eigenvalue weighted by Gasteiger charge is -2.16. The lowest BCUT2D eigenvalue weighted by atomic mass is 10.1. The molecule has 1 rings (SSSR count). The molecule has 2 unspecified atom stereocenters. The van der Waals surface area contributed by atoms with Gasteiger partial charge >= 0.3 is 0 Å². The van der Waals surface area contributed by atoms with E-state index in [0.717, 1.165) is 18.7 Å². The van der Waals surface area contributed by atoms with Gasteiger partial charge in [-0.25, -0.2) is 0 Å². The molecule has 0 radical (unpaired) electrons. The molecule has 0 aliphatic carbocycles. The average Bonchev–Trinajstić information content (AvgIpc) is 2.29. The molecule has 2 N–H and O–H groups in total. The third-order valence-corrected chi connectivity index (χ3v) is 2.74. The minimum Gasteiger partial charge on any atom is -0.497 e. The molecule has 0 bridgehead atoms. The van der Waals surface area contributed by atoms with E-state index in [1.54, 1.807) is 14.0 Å². The van der Waals surface area contributed by atoms with Crippen LogP contribution in [0.1, 0.15) is 19.4 Å². The van der Waals surface area contributed by atoms with Gasteiger partial charge in [0.25, 0.3) is 0 Å². The Labute approximate surface area is 97.4 Å². The molecule has 0 amide bonds. The van der Waals surface area contributed by atoms with Crippen molar-refractivity contribution in [2.45, 2.75) is 32.4 Å². The zero-order chi connectivity index (χ0) is 12.0. The Bertz CT molecular complexity index is 313. The molecule has 90 valence electrons. The summed E-state index contributed by atoms with van der Waals surface area (Å²) in [5, 5.41) is 12.6. The van der Waals surface area contributed by atoms with E-state index in [9.17, 15) is 5.11 Å². The molecule has 0 heterocycles. The normalized spacial score (nSPS) is 14.5. The van der Waals surface area contributed by atoms with Crippen LogP contribution in [0.25, 0.3) is 0 Å². The Morgan fingerprint density at radius 2 is 2.12 bits per heavy atom. The zero-order valence-corrected chi connectivity index (χ0v) is 10.2. The molecule has 3 nitrogen and oxygen atoms in total. The summed E-state index contributed by atoms with van der Waals surface area (Å²) in [6, 6.07) is 8.18. The zero-order valence-electron chi connectivity index (χ0n) is 10.2. The fourth-order valence-electron chi connectivity index (χ4n) is 1.44. The second kappa shape index (κ2) is 6.51. The van der Waals surface area contributed by atoms with E-state index in [-0.39, 0.29) is 12.1 Å². The predicted molar refractivity (Wildman–Crippen MR) is 65.8 cm³/mol. The van der Waals surface area contributed by atoms with E-state index in [2.05, 4.69) is 11.4 Å². The maximum atomic E-state index is 9.32. The fourth-order valence-corrected chi connectivity index (χ4v) is 1.44. The van der Waals surface area contributed by atoms with E-state index in [0.29, 0.717) is 0 Å². The van der Waals surface area contributed by atoms with Crippen LogP contribution in [0.4, 0.5) is 0 Å². The molecule has 0 fully saturated rings. The number of methoxy groups -OCH3 is 1. The van der Waals surface area contributed by atoms with E-state index in [4.69, 9.17) is 4.74 Å². The molecule has 3 heteroatoms. The summed E-state index contributed by atoms with van der Waals surface area (Å²) in [5.41, 5.74) is 1.24. The number of aliphatic hydroxyl groups excluding tert-OH is 1. The van der Waals surface area contributed by atoms with Crippen molar-refractivity contribution in [2.24, 2.45) is 0 Å². The Morgan fingerprint density at radius 1 is 1.38 bits per heavy atom. The molecule has 0 saturated heterocycles. The minimum absolute atomic E-state index is 0.130. The standard InChI is InChI=1S/C13H21NO2/c1-10(11(2)15)14-8-7-12-5-4-6-13(9-12)16-3/h4-6,9-11,14-15H,7-8H2,1-3H3. The van der Waals surface area contributed by atoms with Gasteiger partial charge in [-0.2, -0.15) is 0 Å². The number of aliphatic hydroxyl groups is 1. The van der Waals surface area contributed by atoms with Crippen LogP contribution in [0.3, 0.4) is 0 Å². The molecule has 0 aliphatic rings. The van der Waals surface area contributed by atoms with Crippen LogP contribution in [0.5, 0.6) is 5.75 Å². The van der Waals surface area contributed by atoms with Crippen LogP contribution >= 0.6 is 0 Å². The molecule has 2 atom stereocenters. The van der Waals surface area contributed by atoms with E-state index >= 15 is 0 Å². The molecule has 0 saturated carbocycles. The van der Waals surface area contributed by atoms with Gasteiger partial charge in [0.2, 0.25) is 0 Å². The van der Waals surface area contributed by atoms with Crippen molar-refractivity contribution in [1.82, 2.24) is 5.32 Å². The van der Waals surface area contributed by atoms with Gasteiger partial charge < -0.3 is 15.2 Å². The van der Waals surface area contributed by atoms with Gasteiger partial charge in [0.15, 0.2) is 0 Å². The number of nitrogens with one attached hydrogen (secondary N) is 1. The van der Waals surface area contributed by atoms with Crippen molar-refractivity contribution >= 4 is 0 Å². The fraction of sp³-hybridized carbons (Fsp3) is 0.538. The summed E-state index contributed by atoms with van der Waals surface area (Å²) >= 11 is 0. The summed E-state index contributed by atoms with van der Waals surface area (Å²) < 4.78 is 5.16. The van der Waals surface area contributed by atoms with Crippen molar-refractivity contribution in [3.8, 4) is 5.75 Å². The number of hydrogen-bond acceptors (Lipinski definition) is 3. The van der Waals surface area contributed by atoms with Gasteiger partial charge in [0.1, 0.15) is 5.75 Å². The third kappa shape index (κ3) is 4.21. The summed E-state index contributed by atoms with van der Waals surface area (Å²) in [6.45, 7) is 4.64. The number of hydrogen-bond donors (Lipinski definition) is 2. The highest BCUT2D eigenvalue weighted by molar-refractivity contribution is 5.28. The SMILES string of the molecule is COc1cccc(CCNC(C)C(C)O)c1. The van der Waals surface area contributed by atoms with Crippen molar-refractivity contribution in [3.05, 3.63) is 29.8 Å². The van der Waals surface area contributed by atoms with Crippen molar-refractivity contribution < 1.29 is 9.84 Å². The quantitative estimate of drug-likeness (QED) is 0.769. The van der Waals surface area contributed by atoms with Gasteiger partial charge in [-0.1, -0.05) is 12.1 Å². The highest BCUT2D eigenvalue weighted by atomic mass is 16.5. The first-order valence-electron chi connectivity index (χ1n) is 5.68. The highest BCUT2D eigenvalue weighted by Crippen LogP contribution is 2.12. The Balaban J connectivity index is 2.37. The first-order valence-corrected chi connectivity index (χ1v) is 5.68. The largest absolute Gasteiger partial charge is 0.497 e. The number of ether oxygens (including phenoxy) is 1. The summed E-state index contributed by atoms with van der Waals surface area (Å²) in [4.78, 5) is 0.